The van der Waals surface area contributed by atoms with Gasteiger partial charge in [-0.3, -0.25) is 4.68 Å². The summed E-state index contributed by atoms with van der Waals surface area (Å²) in [6.45, 7) is 2.11. The van der Waals surface area contributed by atoms with Crippen molar-refractivity contribution in [3.05, 3.63) is 29.8 Å². The van der Waals surface area contributed by atoms with Gasteiger partial charge in [0.15, 0.2) is 0 Å². The molecule has 0 saturated heterocycles. The number of hydrogen-bond donors (Lipinski definition) is 1. The Morgan fingerprint density at radius 1 is 1.39 bits per heavy atom. The molecule has 1 atom stereocenters. The second-order valence-corrected chi connectivity index (χ2v) is 4.87. The molecule has 0 bridgehead atoms. The van der Waals surface area contributed by atoms with Crippen LogP contribution in [-0.2, 0) is 13.5 Å². The highest BCUT2D eigenvalue weighted by molar-refractivity contribution is 5.65. The van der Waals surface area contributed by atoms with Gasteiger partial charge in [-0.05, 0) is 31.4 Å². The molecule has 1 aromatic heterocycles. The van der Waals surface area contributed by atoms with E-state index < -0.39 is 0 Å². The predicted octanol–water partition coefficient (Wildman–Crippen LogP) is 2.38. The molecule has 2 aromatic rings. The van der Waals surface area contributed by atoms with Gasteiger partial charge < -0.3 is 10.5 Å². The Balaban J connectivity index is 2.01. The zero-order chi connectivity index (χ0) is 12.7. The maximum atomic E-state index is 5.87. The molecule has 2 N–H and O–H groups in total. The number of fused-ring (bicyclic) bond motifs is 1. The van der Waals surface area contributed by atoms with Crippen LogP contribution < -0.4 is 10.5 Å². The zero-order valence-electron chi connectivity index (χ0n) is 10.7. The van der Waals surface area contributed by atoms with Crippen molar-refractivity contribution >= 4 is 5.82 Å². The first kappa shape index (κ1) is 11.1. The number of nitrogens with zero attached hydrogens (tertiary/aromatic N) is 2. The van der Waals surface area contributed by atoms with E-state index in [4.69, 9.17) is 10.5 Å². The molecule has 0 fully saturated rings. The highest BCUT2D eigenvalue weighted by Crippen LogP contribution is 2.32. The van der Waals surface area contributed by atoms with E-state index in [-0.39, 0.29) is 0 Å². The van der Waals surface area contributed by atoms with Crippen LogP contribution in [0, 0.1) is 0 Å². The van der Waals surface area contributed by atoms with Crippen molar-refractivity contribution in [1.82, 2.24) is 9.78 Å². The average molecular weight is 243 g/mol. The number of nitrogen functional groups attached to an aromatic ring is 1. The third kappa shape index (κ3) is 1.83. The largest absolute Gasteiger partial charge is 0.490 e. The lowest BCUT2D eigenvalue weighted by atomic mass is 10.00. The van der Waals surface area contributed by atoms with Gasteiger partial charge in [0.05, 0.1) is 11.8 Å². The number of aryl methyl sites for hydroxylation is 2. The topological polar surface area (TPSA) is 53.1 Å². The minimum absolute atomic E-state index is 0.293. The molecular weight excluding hydrogens is 226 g/mol. The van der Waals surface area contributed by atoms with Crippen LogP contribution in [0.15, 0.2) is 24.3 Å². The summed E-state index contributed by atoms with van der Waals surface area (Å²) in [5.41, 5.74) is 9.03. The number of aromatic nitrogens is 2. The van der Waals surface area contributed by atoms with Crippen LogP contribution in [0.3, 0.4) is 0 Å². The van der Waals surface area contributed by atoms with E-state index >= 15 is 0 Å². The van der Waals surface area contributed by atoms with Crippen LogP contribution in [0.4, 0.5) is 5.82 Å². The Bertz CT molecular complexity index is 569. The first-order valence-electron chi connectivity index (χ1n) is 6.23. The molecule has 1 aliphatic heterocycles. The molecule has 0 aliphatic carbocycles. The maximum Gasteiger partial charge on any atom is 0.123 e. The molecule has 0 amide bonds. The first-order valence-corrected chi connectivity index (χ1v) is 6.23. The summed E-state index contributed by atoms with van der Waals surface area (Å²) in [7, 11) is 1.84. The predicted molar refractivity (Wildman–Crippen MR) is 71.5 cm³/mol. The smallest absolute Gasteiger partial charge is 0.123 e. The van der Waals surface area contributed by atoms with Crippen molar-refractivity contribution < 1.29 is 4.74 Å². The van der Waals surface area contributed by atoms with Crippen LogP contribution in [0.1, 0.15) is 18.9 Å². The standard InChI is InChI=1S/C14H17N3O/c1-9-3-4-10-5-6-11(7-13(10)18-9)12-8-14(15)17(2)16-12/h5-9H,3-4,15H2,1-2H3. The van der Waals surface area contributed by atoms with E-state index in [0.29, 0.717) is 11.9 Å². The molecule has 1 aromatic carbocycles. The summed E-state index contributed by atoms with van der Waals surface area (Å²) in [6.07, 6.45) is 2.46. The monoisotopic (exact) mass is 243 g/mol. The lowest BCUT2D eigenvalue weighted by molar-refractivity contribution is 0.192. The normalized spacial score (nSPS) is 18.2. The van der Waals surface area contributed by atoms with Gasteiger partial charge >= 0.3 is 0 Å². The highest BCUT2D eigenvalue weighted by atomic mass is 16.5. The molecule has 4 heteroatoms. The van der Waals surface area contributed by atoms with Crippen molar-refractivity contribution in [3.63, 3.8) is 0 Å². The van der Waals surface area contributed by atoms with Gasteiger partial charge in [-0.25, -0.2) is 0 Å². The molecule has 0 spiro atoms. The van der Waals surface area contributed by atoms with Crippen LogP contribution >= 0.6 is 0 Å². The number of hydrogen-bond acceptors (Lipinski definition) is 3. The molecule has 94 valence electrons. The second-order valence-electron chi connectivity index (χ2n) is 4.87. The summed E-state index contributed by atoms with van der Waals surface area (Å²) < 4.78 is 7.54. The van der Waals surface area contributed by atoms with Crippen LogP contribution in [0.5, 0.6) is 5.75 Å². The summed E-state index contributed by atoms with van der Waals surface area (Å²) in [6, 6.07) is 8.15. The number of anilines is 1. The van der Waals surface area contributed by atoms with Gasteiger partial charge in [-0.15, -0.1) is 0 Å². The molecule has 18 heavy (non-hydrogen) atoms. The van der Waals surface area contributed by atoms with E-state index in [1.54, 1.807) is 4.68 Å². The minimum atomic E-state index is 0.293. The Hall–Kier alpha value is -1.97. The van der Waals surface area contributed by atoms with Gasteiger partial charge in [0.1, 0.15) is 11.6 Å². The molecule has 0 saturated carbocycles. The van der Waals surface area contributed by atoms with Crippen molar-refractivity contribution in [1.29, 1.82) is 0 Å². The fourth-order valence-corrected chi connectivity index (χ4v) is 2.29. The molecule has 4 nitrogen and oxygen atoms in total. The molecule has 2 heterocycles. The summed E-state index contributed by atoms with van der Waals surface area (Å²) >= 11 is 0. The van der Waals surface area contributed by atoms with Gasteiger partial charge in [-0.2, -0.15) is 5.10 Å². The average Bonchev–Trinajstić information content (AvgIpc) is 2.69. The molecule has 1 unspecified atom stereocenters. The Morgan fingerprint density at radius 2 is 2.22 bits per heavy atom. The SMILES string of the molecule is CC1CCc2ccc(-c3cc(N)n(C)n3)cc2O1. The quantitative estimate of drug-likeness (QED) is 0.836. The third-order valence-electron chi connectivity index (χ3n) is 3.43. The second kappa shape index (κ2) is 4.05. The van der Waals surface area contributed by atoms with E-state index in [0.717, 1.165) is 29.8 Å². The number of nitrogens with two attached hydrogens (primary N) is 1. The van der Waals surface area contributed by atoms with Gasteiger partial charge in [0.25, 0.3) is 0 Å². The lowest BCUT2D eigenvalue weighted by Gasteiger charge is -2.23. The van der Waals surface area contributed by atoms with Crippen LogP contribution in [0.25, 0.3) is 11.3 Å². The summed E-state index contributed by atoms with van der Waals surface area (Å²) in [5.74, 6) is 1.65. The lowest BCUT2D eigenvalue weighted by Crippen LogP contribution is -2.18. The van der Waals surface area contributed by atoms with Crippen molar-refractivity contribution in [2.75, 3.05) is 5.73 Å². The molecule has 0 radical (unpaired) electrons. The van der Waals surface area contributed by atoms with Crippen molar-refractivity contribution in [2.24, 2.45) is 7.05 Å². The zero-order valence-corrected chi connectivity index (χ0v) is 10.7. The van der Waals surface area contributed by atoms with Crippen molar-refractivity contribution in [3.8, 4) is 17.0 Å². The fraction of sp³-hybridized carbons (Fsp3) is 0.357. The van der Waals surface area contributed by atoms with Crippen LogP contribution in [-0.4, -0.2) is 15.9 Å². The highest BCUT2D eigenvalue weighted by Gasteiger charge is 2.17. The van der Waals surface area contributed by atoms with E-state index in [2.05, 4.69) is 30.2 Å². The fourth-order valence-electron chi connectivity index (χ4n) is 2.29. The van der Waals surface area contributed by atoms with Crippen molar-refractivity contribution in [2.45, 2.75) is 25.9 Å². The Morgan fingerprint density at radius 3 is 2.94 bits per heavy atom. The van der Waals surface area contributed by atoms with E-state index in [1.807, 2.05) is 13.1 Å². The third-order valence-corrected chi connectivity index (χ3v) is 3.43. The number of rotatable bonds is 1. The van der Waals surface area contributed by atoms with Crippen LogP contribution in [0.2, 0.25) is 0 Å². The summed E-state index contributed by atoms with van der Waals surface area (Å²) in [4.78, 5) is 0. The first-order chi connectivity index (χ1) is 8.63. The van der Waals surface area contributed by atoms with Gasteiger partial charge in [0.2, 0.25) is 0 Å². The number of ether oxygens (including phenoxy) is 1. The van der Waals surface area contributed by atoms with E-state index in [9.17, 15) is 0 Å². The Labute approximate surface area is 106 Å². The van der Waals surface area contributed by atoms with Gasteiger partial charge in [0, 0.05) is 18.7 Å². The molecular formula is C14H17N3O. The van der Waals surface area contributed by atoms with E-state index in [1.165, 1.54) is 5.56 Å². The maximum absolute atomic E-state index is 5.87. The number of benzene rings is 1. The van der Waals surface area contributed by atoms with Gasteiger partial charge in [-0.1, -0.05) is 12.1 Å². The Kier molecular flexibility index (Phi) is 2.51. The molecule has 1 aliphatic rings. The summed E-state index contributed by atoms with van der Waals surface area (Å²) in [5, 5.41) is 4.38. The minimum Gasteiger partial charge on any atom is -0.490 e. The molecule has 3 rings (SSSR count).